The van der Waals surface area contributed by atoms with E-state index in [2.05, 4.69) is 23.6 Å². The van der Waals surface area contributed by atoms with Crippen LogP contribution in [0, 0.1) is 0 Å². The summed E-state index contributed by atoms with van der Waals surface area (Å²) in [4.78, 5) is 0. The second-order valence-electron chi connectivity index (χ2n) is 6.12. The Bertz CT molecular complexity index is 685. The van der Waals surface area contributed by atoms with Crippen molar-refractivity contribution in [1.82, 2.24) is 0 Å². The average Bonchev–Trinajstić information content (AvgIpc) is 2.87. The molecule has 0 bridgehead atoms. The minimum Gasteiger partial charge on any atom is -0.387 e. The van der Waals surface area contributed by atoms with Crippen molar-refractivity contribution >= 4 is 55.5 Å². The fourth-order valence-corrected chi connectivity index (χ4v) is 3.20. The molecule has 0 spiro atoms. The summed E-state index contributed by atoms with van der Waals surface area (Å²) < 4.78 is 3.52. The van der Waals surface area contributed by atoms with E-state index >= 15 is 0 Å². The quantitative estimate of drug-likeness (QED) is 0.675. The normalized spacial score (nSPS) is 12.5. The summed E-state index contributed by atoms with van der Waals surface area (Å²) in [6.45, 7) is 6.31. The first kappa shape index (κ1) is 16.5. The van der Waals surface area contributed by atoms with Gasteiger partial charge in [0.25, 0.3) is 0 Å². The molecule has 110 valence electrons. The van der Waals surface area contributed by atoms with Crippen molar-refractivity contribution in [3.63, 3.8) is 0 Å². The summed E-state index contributed by atoms with van der Waals surface area (Å²) in [5.41, 5.74) is -2.01. The molecule has 3 aromatic rings. The molecule has 0 saturated heterocycles. The van der Waals surface area contributed by atoms with Gasteiger partial charge in [0.15, 0.2) is 0 Å². The van der Waals surface area contributed by atoms with Gasteiger partial charge < -0.3 is 10.2 Å². The Morgan fingerprint density at radius 2 is 1.48 bits per heavy atom. The van der Waals surface area contributed by atoms with Crippen LogP contribution in [0.1, 0.15) is 27.7 Å². The van der Waals surface area contributed by atoms with Gasteiger partial charge in [0.2, 0.25) is 0 Å². The summed E-state index contributed by atoms with van der Waals surface area (Å²) in [7, 11) is 5.74. The molecule has 2 aromatic heterocycles. The van der Waals surface area contributed by atoms with E-state index in [9.17, 15) is 0 Å². The van der Waals surface area contributed by atoms with Gasteiger partial charge in [-0.1, -0.05) is 6.07 Å². The lowest BCUT2D eigenvalue weighted by Gasteiger charge is -2.31. The Labute approximate surface area is 134 Å². The lowest BCUT2D eigenvalue weighted by molar-refractivity contribution is -0.107. The first-order chi connectivity index (χ1) is 9.58. The molecule has 0 amide bonds. The predicted molar refractivity (Wildman–Crippen MR) is 95.2 cm³/mol. The lowest BCUT2D eigenvalue weighted by atomic mass is 9.90. The molecule has 0 aliphatic carbocycles. The number of thiophene rings is 2. The van der Waals surface area contributed by atoms with Crippen LogP contribution in [-0.2, 0) is 0 Å². The number of aliphatic hydroxyl groups is 2. The third kappa shape index (κ3) is 3.86. The molecule has 1 aromatic carbocycles. The van der Waals surface area contributed by atoms with E-state index in [0.717, 1.165) is 4.78 Å². The van der Waals surface area contributed by atoms with Gasteiger partial charge in [-0.3, -0.25) is 0 Å². The van der Waals surface area contributed by atoms with E-state index in [1.165, 1.54) is 20.2 Å². The Morgan fingerprint density at radius 1 is 0.905 bits per heavy atom. The van der Waals surface area contributed by atoms with Gasteiger partial charge in [0.05, 0.1) is 11.2 Å². The van der Waals surface area contributed by atoms with Crippen LogP contribution in [0.4, 0.5) is 0 Å². The van der Waals surface area contributed by atoms with Crippen LogP contribution < -0.4 is 4.78 Å². The molecule has 2 radical (unpaired) electrons. The van der Waals surface area contributed by atoms with Gasteiger partial charge >= 0.3 is 0 Å². The molecule has 2 N–H and O–H groups in total. The van der Waals surface area contributed by atoms with Crippen molar-refractivity contribution in [3.05, 3.63) is 29.6 Å². The number of hydrogen-bond acceptors (Lipinski definition) is 4. The van der Waals surface area contributed by atoms with Crippen molar-refractivity contribution in [2.24, 2.45) is 0 Å². The van der Waals surface area contributed by atoms with Crippen LogP contribution in [0.5, 0.6) is 0 Å². The summed E-state index contributed by atoms with van der Waals surface area (Å²) in [5.74, 6) is 0. The highest BCUT2D eigenvalue weighted by atomic mass is 32.1. The van der Waals surface area contributed by atoms with Gasteiger partial charge in [-0.05, 0) is 66.8 Å². The molecular weight excluding hydrogens is 299 g/mol. The van der Waals surface area contributed by atoms with E-state index < -0.39 is 11.2 Å². The monoisotopic (exact) mass is 318 g/mol. The highest BCUT2D eigenvalue weighted by Crippen LogP contribution is 2.28. The molecule has 0 aliphatic heterocycles. The second kappa shape index (κ2) is 5.73. The van der Waals surface area contributed by atoms with Crippen LogP contribution in [-0.4, -0.2) is 29.3 Å². The number of benzene rings is 1. The first-order valence-electron chi connectivity index (χ1n) is 6.69. The Balaban J connectivity index is 0.000000177. The zero-order valence-corrected chi connectivity index (χ0v) is 14.3. The second-order valence-corrected chi connectivity index (χ2v) is 8.18. The zero-order valence-electron chi connectivity index (χ0n) is 12.7. The number of hydrogen-bond donors (Lipinski definition) is 2. The molecule has 3 rings (SSSR count). The Morgan fingerprint density at radius 3 is 2.05 bits per heavy atom. The van der Waals surface area contributed by atoms with Crippen molar-refractivity contribution in [3.8, 4) is 0 Å². The average molecular weight is 318 g/mol. The first-order valence-corrected chi connectivity index (χ1v) is 8.38. The van der Waals surface area contributed by atoms with E-state index in [1.807, 2.05) is 6.07 Å². The van der Waals surface area contributed by atoms with Gasteiger partial charge in [0.1, 0.15) is 7.85 Å². The largest absolute Gasteiger partial charge is 0.387 e. The van der Waals surface area contributed by atoms with Crippen LogP contribution in [0.3, 0.4) is 0 Å². The lowest BCUT2D eigenvalue weighted by Crippen LogP contribution is -2.44. The summed E-state index contributed by atoms with van der Waals surface area (Å²) in [5, 5.41) is 22.9. The third-order valence-electron chi connectivity index (χ3n) is 3.61. The van der Waals surface area contributed by atoms with Gasteiger partial charge in [0, 0.05) is 9.40 Å². The van der Waals surface area contributed by atoms with E-state index in [1.54, 1.807) is 50.4 Å². The van der Waals surface area contributed by atoms with Crippen molar-refractivity contribution in [2.45, 2.75) is 38.9 Å². The van der Waals surface area contributed by atoms with Crippen LogP contribution in [0.25, 0.3) is 20.2 Å². The van der Waals surface area contributed by atoms with Crippen molar-refractivity contribution < 1.29 is 10.2 Å². The van der Waals surface area contributed by atoms with Crippen molar-refractivity contribution in [1.29, 1.82) is 0 Å². The van der Waals surface area contributed by atoms with Crippen molar-refractivity contribution in [2.75, 3.05) is 0 Å². The predicted octanol–water partition coefficient (Wildman–Crippen LogP) is 3.44. The molecule has 0 unspecified atom stereocenters. The summed E-state index contributed by atoms with van der Waals surface area (Å²) in [6.07, 6.45) is 0. The highest BCUT2D eigenvalue weighted by Gasteiger charge is 2.31. The number of fused-ring (bicyclic) bond motifs is 2. The molecule has 21 heavy (non-hydrogen) atoms. The smallest absolute Gasteiger partial charge is 0.128 e. The SMILES string of the molecule is CC(C)(O)C(C)(C)O.[B]c1cc2cc3sccc3cc2s1. The molecular formula is C16H19BO2S2. The topological polar surface area (TPSA) is 40.5 Å². The number of rotatable bonds is 1. The minimum absolute atomic E-state index is 0.896. The molecule has 0 fully saturated rings. The van der Waals surface area contributed by atoms with E-state index in [4.69, 9.17) is 18.1 Å². The highest BCUT2D eigenvalue weighted by molar-refractivity contribution is 7.26. The standard InChI is InChI=1S/C10H5BS2.C6H14O2/c11-10-5-7-4-8-6(1-2-12-8)3-9(7)13-10;1-5(2,7)6(3,4)8/h1-5H;7-8H,1-4H3. The van der Waals surface area contributed by atoms with E-state index in [0.29, 0.717) is 0 Å². The van der Waals surface area contributed by atoms with Crippen LogP contribution in [0.2, 0.25) is 0 Å². The maximum atomic E-state index is 9.10. The zero-order chi connectivity index (χ0) is 15.8. The molecule has 2 heterocycles. The fraction of sp³-hybridized carbons (Fsp3) is 0.375. The molecule has 2 nitrogen and oxygen atoms in total. The molecule has 0 atom stereocenters. The summed E-state index contributed by atoms with van der Waals surface area (Å²) >= 11 is 3.43. The maximum Gasteiger partial charge on any atom is 0.128 e. The van der Waals surface area contributed by atoms with Gasteiger partial charge in [-0.15, -0.1) is 11.3 Å². The summed E-state index contributed by atoms with van der Waals surface area (Å²) in [6, 6.07) is 8.61. The van der Waals surface area contributed by atoms with Gasteiger partial charge in [-0.2, -0.15) is 11.3 Å². The molecule has 5 heteroatoms. The van der Waals surface area contributed by atoms with E-state index in [-0.39, 0.29) is 0 Å². The molecule has 0 saturated carbocycles. The van der Waals surface area contributed by atoms with Gasteiger partial charge in [-0.25, -0.2) is 0 Å². The Kier molecular flexibility index (Phi) is 4.50. The van der Waals surface area contributed by atoms with Crippen LogP contribution in [0.15, 0.2) is 29.6 Å². The van der Waals surface area contributed by atoms with Crippen LogP contribution >= 0.6 is 22.7 Å². The molecule has 0 aliphatic rings. The third-order valence-corrected chi connectivity index (χ3v) is 5.41. The minimum atomic E-state index is -1.01. The fourth-order valence-electron chi connectivity index (χ4n) is 1.52. The Hall–Kier alpha value is -0.875. The maximum absolute atomic E-state index is 9.10.